The molecule has 0 fully saturated rings. The number of aromatic nitrogens is 2. The van der Waals surface area contributed by atoms with E-state index in [4.69, 9.17) is 4.42 Å². The molecule has 134 valence electrons. The van der Waals surface area contributed by atoms with Gasteiger partial charge < -0.3 is 15.1 Å². The van der Waals surface area contributed by atoms with Gasteiger partial charge in [0.15, 0.2) is 10.4 Å². The lowest BCUT2D eigenvalue weighted by atomic mass is 10.2. The number of amides is 2. The number of carbonyl (C=O) groups is 2. The second-order valence-electron chi connectivity index (χ2n) is 5.52. The van der Waals surface area contributed by atoms with E-state index in [9.17, 15) is 9.59 Å². The first-order valence-corrected chi connectivity index (χ1v) is 8.83. The molecule has 26 heavy (non-hydrogen) atoms. The Bertz CT molecular complexity index is 889. The molecular weight excluding hydrogens is 400 g/mol. The Morgan fingerprint density at radius 1 is 1.15 bits per heavy atom. The van der Waals surface area contributed by atoms with Crippen LogP contribution in [0, 0.1) is 0 Å². The van der Waals surface area contributed by atoms with Gasteiger partial charge in [-0.1, -0.05) is 6.07 Å². The largest absolute Gasteiger partial charge is 0.444 e. The number of benzene rings is 1. The number of anilines is 1. The molecule has 8 heteroatoms. The first-order valence-electron chi connectivity index (χ1n) is 8.04. The maximum Gasteiger partial charge on any atom is 0.291 e. The van der Waals surface area contributed by atoms with Gasteiger partial charge in [0, 0.05) is 36.7 Å². The molecule has 2 heterocycles. The monoisotopic (exact) mass is 416 g/mol. The van der Waals surface area contributed by atoms with Crippen LogP contribution < -0.4 is 10.6 Å². The Balaban J connectivity index is 1.52. The van der Waals surface area contributed by atoms with E-state index in [-0.39, 0.29) is 17.6 Å². The lowest BCUT2D eigenvalue weighted by Gasteiger charge is -2.08. The van der Waals surface area contributed by atoms with E-state index in [0.29, 0.717) is 22.5 Å². The first kappa shape index (κ1) is 17.9. The van der Waals surface area contributed by atoms with Gasteiger partial charge in [0.2, 0.25) is 0 Å². The van der Waals surface area contributed by atoms with Crippen LogP contribution in [-0.2, 0) is 6.54 Å². The van der Waals surface area contributed by atoms with E-state index in [1.165, 1.54) is 0 Å². The Labute approximate surface area is 158 Å². The van der Waals surface area contributed by atoms with Gasteiger partial charge in [-0.15, -0.1) is 0 Å². The van der Waals surface area contributed by atoms with Crippen molar-refractivity contribution in [3.8, 4) is 0 Å². The van der Waals surface area contributed by atoms with Crippen LogP contribution in [0.25, 0.3) is 0 Å². The van der Waals surface area contributed by atoms with Crippen LogP contribution in [0.1, 0.15) is 27.3 Å². The van der Waals surface area contributed by atoms with Gasteiger partial charge in [0.1, 0.15) is 0 Å². The van der Waals surface area contributed by atoms with Crippen molar-refractivity contribution in [1.82, 2.24) is 15.1 Å². The lowest BCUT2D eigenvalue weighted by molar-refractivity contribution is 0.0950. The number of furan rings is 1. The van der Waals surface area contributed by atoms with Crippen LogP contribution in [0.5, 0.6) is 0 Å². The zero-order valence-electron chi connectivity index (χ0n) is 13.8. The second kappa shape index (κ2) is 8.48. The van der Waals surface area contributed by atoms with E-state index < -0.39 is 0 Å². The van der Waals surface area contributed by atoms with Gasteiger partial charge in [-0.05, 0) is 58.7 Å². The highest BCUT2D eigenvalue weighted by atomic mass is 79.9. The molecule has 0 bridgehead atoms. The molecule has 0 spiro atoms. The summed E-state index contributed by atoms with van der Waals surface area (Å²) in [6.07, 6.45) is 4.38. The van der Waals surface area contributed by atoms with Gasteiger partial charge in [0.05, 0.1) is 0 Å². The fourth-order valence-corrected chi connectivity index (χ4v) is 2.65. The third-order valence-electron chi connectivity index (χ3n) is 3.59. The van der Waals surface area contributed by atoms with Crippen LogP contribution in [0.15, 0.2) is 63.9 Å². The highest BCUT2D eigenvalue weighted by molar-refractivity contribution is 9.10. The Morgan fingerprint density at radius 2 is 2.04 bits per heavy atom. The summed E-state index contributed by atoms with van der Waals surface area (Å²) in [7, 11) is 0. The second-order valence-corrected chi connectivity index (χ2v) is 6.30. The zero-order valence-corrected chi connectivity index (χ0v) is 15.4. The minimum absolute atomic E-state index is 0.186. The number of nitrogens with zero attached hydrogens (tertiary/aromatic N) is 2. The summed E-state index contributed by atoms with van der Waals surface area (Å²) in [5, 5.41) is 9.68. The third kappa shape index (κ3) is 4.82. The molecule has 3 aromatic rings. The Morgan fingerprint density at radius 3 is 2.77 bits per heavy atom. The van der Waals surface area contributed by atoms with E-state index in [1.54, 1.807) is 42.6 Å². The number of nitrogens with one attached hydrogen (secondary N) is 2. The molecule has 0 unspecified atom stereocenters. The summed E-state index contributed by atoms with van der Waals surface area (Å²) < 4.78 is 7.50. The van der Waals surface area contributed by atoms with Gasteiger partial charge in [-0.3, -0.25) is 14.3 Å². The van der Waals surface area contributed by atoms with Gasteiger partial charge in [-0.2, -0.15) is 5.10 Å². The number of rotatable bonds is 7. The maximum atomic E-state index is 12.2. The fraction of sp³-hybridized carbons (Fsp3) is 0.167. The van der Waals surface area contributed by atoms with Crippen molar-refractivity contribution in [3.63, 3.8) is 0 Å². The molecule has 0 saturated heterocycles. The van der Waals surface area contributed by atoms with Gasteiger partial charge in [-0.25, -0.2) is 0 Å². The van der Waals surface area contributed by atoms with Gasteiger partial charge >= 0.3 is 0 Å². The summed E-state index contributed by atoms with van der Waals surface area (Å²) in [6.45, 7) is 1.28. The molecule has 0 saturated carbocycles. The van der Waals surface area contributed by atoms with Crippen LogP contribution in [0.3, 0.4) is 0 Å². The van der Waals surface area contributed by atoms with E-state index in [2.05, 4.69) is 31.7 Å². The normalized spacial score (nSPS) is 10.5. The first-order chi connectivity index (χ1) is 12.6. The Kier molecular flexibility index (Phi) is 5.85. The molecule has 0 aliphatic heterocycles. The van der Waals surface area contributed by atoms with Crippen molar-refractivity contribution in [2.45, 2.75) is 13.0 Å². The molecule has 0 radical (unpaired) electrons. The molecule has 0 aliphatic rings. The molecule has 3 rings (SSSR count). The van der Waals surface area contributed by atoms with Crippen molar-refractivity contribution in [3.05, 3.63) is 70.9 Å². The molecule has 2 N–H and O–H groups in total. The number of aryl methyl sites for hydroxylation is 1. The van der Waals surface area contributed by atoms with Crippen molar-refractivity contribution in [2.75, 3.05) is 11.9 Å². The molecular formula is C18H17BrN4O3. The molecule has 2 aromatic heterocycles. The topological polar surface area (TPSA) is 89.2 Å². The van der Waals surface area contributed by atoms with Crippen LogP contribution in [-0.4, -0.2) is 28.1 Å². The number of hydrogen-bond donors (Lipinski definition) is 2. The quantitative estimate of drug-likeness (QED) is 0.578. The standard InChI is InChI=1S/C18H17BrN4O3/c19-16-7-6-15(26-16)18(25)22-14-5-1-4-13(12-14)17(24)20-8-2-10-23-11-3-9-21-23/h1,3-7,9,11-12H,2,8,10H2,(H,20,24)(H,22,25). The fourth-order valence-electron chi connectivity index (χ4n) is 2.34. The van der Waals surface area contributed by atoms with Crippen molar-refractivity contribution >= 4 is 33.4 Å². The minimum Gasteiger partial charge on any atom is -0.444 e. The number of carbonyl (C=O) groups excluding carboxylic acids is 2. The predicted octanol–water partition coefficient (Wildman–Crippen LogP) is 3.31. The number of halogens is 1. The van der Waals surface area contributed by atoms with E-state index in [0.717, 1.165) is 13.0 Å². The van der Waals surface area contributed by atoms with Crippen molar-refractivity contribution in [1.29, 1.82) is 0 Å². The average Bonchev–Trinajstić information content (AvgIpc) is 3.30. The van der Waals surface area contributed by atoms with Crippen LogP contribution in [0.4, 0.5) is 5.69 Å². The zero-order chi connectivity index (χ0) is 18.4. The maximum absolute atomic E-state index is 12.2. The summed E-state index contributed by atoms with van der Waals surface area (Å²) in [5.74, 6) is -0.389. The average molecular weight is 417 g/mol. The van der Waals surface area contributed by atoms with Crippen molar-refractivity contribution < 1.29 is 14.0 Å². The summed E-state index contributed by atoms with van der Waals surface area (Å²) >= 11 is 3.15. The minimum atomic E-state index is -0.382. The third-order valence-corrected chi connectivity index (χ3v) is 4.01. The van der Waals surface area contributed by atoms with Crippen molar-refractivity contribution in [2.24, 2.45) is 0 Å². The highest BCUT2D eigenvalue weighted by Gasteiger charge is 2.12. The smallest absolute Gasteiger partial charge is 0.291 e. The molecule has 7 nitrogen and oxygen atoms in total. The highest BCUT2D eigenvalue weighted by Crippen LogP contribution is 2.17. The van der Waals surface area contributed by atoms with Crippen LogP contribution >= 0.6 is 15.9 Å². The summed E-state index contributed by atoms with van der Waals surface area (Å²) in [5.41, 5.74) is 0.995. The van der Waals surface area contributed by atoms with Gasteiger partial charge in [0.25, 0.3) is 11.8 Å². The number of hydrogen-bond acceptors (Lipinski definition) is 4. The van der Waals surface area contributed by atoms with E-state index >= 15 is 0 Å². The molecule has 1 aromatic carbocycles. The predicted molar refractivity (Wildman–Crippen MR) is 100.0 cm³/mol. The lowest BCUT2D eigenvalue weighted by Crippen LogP contribution is -2.25. The SMILES string of the molecule is O=C(NCCCn1cccn1)c1cccc(NC(=O)c2ccc(Br)o2)c1. The summed E-state index contributed by atoms with van der Waals surface area (Å²) in [4.78, 5) is 24.3. The molecule has 0 aliphatic carbocycles. The van der Waals surface area contributed by atoms with Crippen LogP contribution in [0.2, 0.25) is 0 Å². The molecule has 0 atom stereocenters. The summed E-state index contributed by atoms with van der Waals surface area (Å²) in [6, 6.07) is 11.8. The Hall–Kier alpha value is -2.87. The van der Waals surface area contributed by atoms with E-state index in [1.807, 2.05) is 16.9 Å². The molecule has 2 amide bonds.